The Morgan fingerprint density at radius 3 is 1.31 bits per heavy atom. The lowest BCUT2D eigenvalue weighted by molar-refractivity contribution is 0.667. The fourth-order valence-corrected chi connectivity index (χ4v) is 7.47. The molecule has 0 atom stereocenters. The fourth-order valence-electron chi connectivity index (χ4n) is 7.47. The van der Waals surface area contributed by atoms with Crippen molar-refractivity contribution in [2.75, 3.05) is 0 Å². The summed E-state index contributed by atoms with van der Waals surface area (Å²) in [6.07, 6.45) is 0. The molecule has 0 unspecified atom stereocenters. The molecule has 0 aliphatic heterocycles. The highest BCUT2D eigenvalue weighted by Crippen LogP contribution is 2.38. The van der Waals surface area contributed by atoms with Crippen molar-refractivity contribution in [3.63, 3.8) is 0 Å². The predicted molar refractivity (Wildman–Crippen MR) is 227 cm³/mol. The molecule has 0 aliphatic rings. The van der Waals surface area contributed by atoms with E-state index in [0.29, 0.717) is 11.4 Å². The largest absolute Gasteiger partial charge is 0.452 e. The number of furan rings is 1. The van der Waals surface area contributed by atoms with Crippen LogP contribution in [0.3, 0.4) is 0 Å². The summed E-state index contributed by atoms with van der Waals surface area (Å²) >= 11 is 0. The molecule has 0 saturated heterocycles. The number of nitrogens with zero attached hydrogens (tertiary/aromatic N) is 2. The molecule has 10 aromatic rings. The molecule has 0 bridgehead atoms. The van der Waals surface area contributed by atoms with Crippen molar-refractivity contribution in [1.82, 2.24) is 9.97 Å². The van der Waals surface area contributed by atoms with Crippen LogP contribution in [0, 0.1) is 0 Å². The van der Waals surface area contributed by atoms with Gasteiger partial charge in [0.2, 0.25) is 0 Å². The number of aromatic nitrogens is 2. The molecule has 0 radical (unpaired) electrons. The van der Waals surface area contributed by atoms with E-state index in [-0.39, 0.29) is 0 Å². The molecule has 3 heteroatoms. The minimum atomic E-state index is 0.661. The molecule has 0 aliphatic carbocycles. The summed E-state index contributed by atoms with van der Waals surface area (Å²) in [5.41, 5.74) is 16.7. The van der Waals surface area contributed by atoms with Crippen LogP contribution in [-0.4, -0.2) is 9.97 Å². The van der Waals surface area contributed by atoms with Crippen LogP contribution in [0.15, 0.2) is 211 Å². The minimum Gasteiger partial charge on any atom is -0.452 e. The van der Waals surface area contributed by atoms with E-state index in [2.05, 4.69) is 170 Å². The molecule has 0 spiro atoms. The van der Waals surface area contributed by atoms with Crippen molar-refractivity contribution in [3.8, 4) is 78.3 Å². The van der Waals surface area contributed by atoms with Gasteiger partial charge in [-0.15, -0.1) is 0 Å². The van der Waals surface area contributed by atoms with Crippen LogP contribution in [0.25, 0.3) is 100 Å². The summed E-state index contributed by atoms with van der Waals surface area (Å²) in [6, 6.07) is 72.6. The highest BCUT2D eigenvalue weighted by Gasteiger charge is 2.18. The van der Waals surface area contributed by atoms with Gasteiger partial charge in [0, 0.05) is 16.5 Å². The van der Waals surface area contributed by atoms with E-state index >= 15 is 0 Å². The Labute approximate surface area is 319 Å². The molecule has 2 heterocycles. The van der Waals surface area contributed by atoms with Gasteiger partial charge in [-0.2, -0.15) is 0 Å². The molecule has 0 N–H and O–H groups in total. The van der Waals surface area contributed by atoms with Gasteiger partial charge in [0.1, 0.15) is 16.8 Å². The number of para-hydroxylation sites is 1. The van der Waals surface area contributed by atoms with Crippen LogP contribution in [0.4, 0.5) is 0 Å². The zero-order valence-corrected chi connectivity index (χ0v) is 29.9. The maximum absolute atomic E-state index is 6.35. The summed E-state index contributed by atoms with van der Waals surface area (Å²) in [5.74, 6) is 0.661. The van der Waals surface area contributed by atoms with Crippen molar-refractivity contribution < 1.29 is 4.42 Å². The van der Waals surface area contributed by atoms with E-state index < -0.39 is 0 Å². The summed E-state index contributed by atoms with van der Waals surface area (Å²) < 4.78 is 6.35. The van der Waals surface area contributed by atoms with Crippen LogP contribution in [-0.2, 0) is 0 Å². The van der Waals surface area contributed by atoms with Gasteiger partial charge in [0.05, 0.1) is 0 Å². The lowest BCUT2D eigenvalue weighted by atomic mass is 9.91. The molecule has 55 heavy (non-hydrogen) atoms. The Hall–Kier alpha value is -7.36. The number of fused-ring (bicyclic) bond motifs is 3. The van der Waals surface area contributed by atoms with Crippen molar-refractivity contribution in [3.05, 3.63) is 206 Å². The van der Waals surface area contributed by atoms with E-state index in [4.69, 9.17) is 14.4 Å². The first-order chi connectivity index (χ1) is 27.2. The number of rotatable bonds is 7. The number of hydrogen-bond donors (Lipinski definition) is 0. The molecule has 3 nitrogen and oxygen atoms in total. The van der Waals surface area contributed by atoms with Crippen molar-refractivity contribution in [1.29, 1.82) is 0 Å². The molecule has 0 saturated carbocycles. The third-order valence-corrected chi connectivity index (χ3v) is 10.3. The van der Waals surface area contributed by atoms with E-state index in [1.54, 1.807) is 0 Å². The quantitative estimate of drug-likeness (QED) is 0.166. The van der Waals surface area contributed by atoms with Crippen LogP contribution in [0.1, 0.15) is 0 Å². The van der Waals surface area contributed by atoms with Gasteiger partial charge < -0.3 is 4.42 Å². The van der Waals surface area contributed by atoms with Crippen LogP contribution < -0.4 is 0 Å². The van der Waals surface area contributed by atoms with Gasteiger partial charge in [-0.25, -0.2) is 9.97 Å². The smallest absolute Gasteiger partial charge is 0.180 e. The van der Waals surface area contributed by atoms with E-state index in [1.807, 2.05) is 36.4 Å². The van der Waals surface area contributed by atoms with Crippen molar-refractivity contribution >= 4 is 22.1 Å². The molecule has 0 amide bonds. The van der Waals surface area contributed by atoms with E-state index in [1.165, 1.54) is 33.4 Å². The van der Waals surface area contributed by atoms with Crippen LogP contribution in [0.2, 0.25) is 0 Å². The molecule has 258 valence electrons. The van der Waals surface area contributed by atoms with Gasteiger partial charge in [0.25, 0.3) is 0 Å². The monoisotopic (exact) mass is 702 g/mol. The van der Waals surface area contributed by atoms with Gasteiger partial charge in [-0.3, -0.25) is 0 Å². The predicted octanol–water partition coefficient (Wildman–Crippen LogP) is 14.0. The zero-order valence-electron chi connectivity index (χ0n) is 29.9. The van der Waals surface area contributed by atoms with Gasteiger partial charge in [-0.1, -0.05) is 164 Å². The van der Waals surface area contributed by atoms with E-state index in [0.717, 1.165) is 55.6 Å². The Bertz CT molecular complexity index is 2950. The minimum absolute atomic E-state index is 0.661. The Balaban J connectivity index is 1.05. The first-order valence-corrected chi connectivity index (χ1v) is 18.6. The van der Waals surface area contributed by atoms with Crippen molar-refractivity contribution in [2.45, 2.75) is 0 Å². The Morgan fingerprint density at radius 2 is 0.691 bits per heavy atom. The van der Waals surface area contributed by atoms with Gasteiger partial charge in [-0.05, 0) is 98.1 Å². The highest BCUT2D eigenvalue weighted by molar-refractivity contribution is 6.07. The second-order valence-corrected chi connectivity index (χ2v) is 13.8. The summed E-state index contributed by atoms with van der Waals surface area (Å²) in [4.78, 5) is 10.2. The second kappa shape index (κ2) is 13.9. The third kappa shape index (κ3) is 6.28. The number of benzene rings is 8. The van der Waals surface area contributed by atoms with Gasteiger partial charge >= 0.3 is 0 Å². The SMILES string of the molecule is c1ccc(-c2ccc(-c3cc(-c4ccccc4)cc(-c4cccc(-c5cccc(-c6nc(-c7ccccc7)c7oc8ccccc8c7n6)c5)c4)c3)cc2)cc1. The summed E-state index contributed by atoms with van der Waals surface area (Å²) in [6.45, 7) is 0. The molecular formula is C52H34N2O. The average molecular weight is 703 g/mol. The topological polar surface area (TPSA) is 38.9 Å². The number of hydrogen-bond acceptors (Lipinski definition) is 3. The first-order valence-electron chi connectivity index (χ1n) is 18.6. The van der Waals surface area contributed by atoms with Crippen molar-refractivity contribution in [2.24, 2.45) is 0 Å². The maximum atomic E-state index is 6.35. The molecule has 8 aromatic carbocycles. The first kappa shape index (κ1) is 32.3. The average Bonchev–Trinajstić information content (AvgIpc) is 3.66. The Morgan fingerprint density at radius 1 is 0.291 bits per heavy atom. The fraction of sp³-hybridized carbons (Fsp3) is 0. The lowest BCUT2D eigenvalue weighted by Gasteiger charge is -2.13. The molecule has 0 fully saturated rings. The van der Waals surface area contributed by atoms with Gasteiger partial charge in [0.15, 0.2) is 11.4 Å². The second-order valence-electron chi connectivity index (χ2n) is 13.8. The van der Waals surface area contributed by atoms with Crippen LogP contribution >= 0.6 is 0 Å². The summed E-state index contributed by atoms with van der Waals surface area (Å²) in [5, 5.41) is 0.978. The summed E-state index contributed by atoms with van der Waals surface area (Å²) in [7, 11) is 0. The third-order valence-electron chi connectivity index (χ3n) is 10.3. The highest BCUT2D eigenvalue weighted by atomic mass is 16.3. The standard InChI is InChI=1S/C52H34N2O/c1-4-14-35(15-5-1)37-26-28-38(29-27-37)45-32-44(36-16-6-2-7-17-36)33-46(34-45)42-22-12-20-40(30-42)41-21-13-23-43(31-41)52-53-49(39-18-8-3-9-19-39)51-50(54-52)47-24-10-11-25-48(47)55-51/h1-34H. The molecule has 2 aromatic heterocycles. The Kier molecular flexibility index (Phi) is 8.16. The maximum Gasteiger partial charge on any atom is 0.180 e. The molecule has 10 rings (SSSR count). The molecular weight excluding hydrogens is 669 g/mol. The van der Waals surface area contributed by atoms with E-state index in [9.17, 15) is 0 Å². The van der Waals surface area contributed by atoms with Crippen LogP contribution in [0.5, 0.6) is 0 Å². The lowest BCUT2D eigenvalue weighted by Crippen LogP contribution is -1.94. The normalized spacial score (nSPS) is 11.3. The zero-order chi connectivity index (χ0) is 36.6.